The number of ether oxygens (including phenoxy) is 1. The van der Waals surface area contributed by atoms with E-state index in [1.165, 1.54) is 0 Å². The lowest BCUT2D eigenvalue weighted by Crippen LogP contribution is -2.30. The minimum Gasteiger partial charge on any atom is -0.379 e. The maximum Gasteiger partial charge on any atom is 0.267 e. The summed E-state index contributed by atoms with van der Waals surface area (Å²) in [6.07, 6.45) is 2.89. The predicted molar refractivity (Wildman–Crippen MR) is 84.5 cm³/mol. The van der Waals surface area contributed by atoms with Crippen molar-refractivity contribution in [1.29, 1.82) is 0 Å². The number of halogens is 1. The maximum absolute atomic E-state index is 11.9. The van der Waals surface area contributed by atoms with Crippen molar-refractivity contribution in [3.05, 3.63) is 25.9 Å². The Morgan fingerprint density at radius 1 is 1.47 bits per heavy atom. The standard InChI is InChI=1S/C13H22IN3O2/c1-10(2)19-8-4-5-15-6-7-17-9-16-11(3)12(14)13(17)18/h9-10,15H,4-8H2,1-3H3. The quantitative estimate of drug-likeness (QED) is 0.550. The smallest absolute Gasteiger partial charge is 0.267 e. The summed E-state index contributed by atoms with van der Waals surface area (Å²) in [4.78, 5) is 16.1. The molecule has 0 aliphatic rings. The fourth-order valence-corrected chi connectivity index (χ4v) is 2.00. The number of hydrogen-bond donors (Lipinski definition) is 1. The van der Waals surface area contributed by atoms with E-state index in [4.69, 9.17) is 4.74 Å². The summed E-state index contributed by atoms with van der Waals surface area (Å²) in [6.45, 7) is 9.00. The minimum absolute atomic E-state index is 0.0399. The van der Waals surface area contributed by atoms with E-state index in [0.717, 1.165) is 31.8 Å². The van der Waals surface area contributed by atoms with Gasteiger partial charge in [0, 0.05) is 19.7 Å². The first-order chi connectivity index (χ1) is 9.02. The molecule has 5 nitrogen and oxygen atoms in total. The van der Waals surface area contributed by atoms with E-state index in [0.29, 0.717) is 16.2 Å². The molecule has 0 aromatic carbocycles. The van der Waals surface area contributed by atoms with Crippen LogP contribution in [0.4, 0.5) is 0 Å². The van der Waals surface area contributed by atoms with Gasteiger partial charge in [-0.3, -0.25) is 9.36 Å². The van der Waals surface area contributed by atoms with E-state index >= 15 is 0 Å². The summed E-state index contributed by atoms with van der Waals surface area (Å²) in [5.41, 5.74) is 0.832. The molecule has 0 bridgehead atoms. The van der Waals surface area contributed by atoms with Gasteiger partial charge in [0.1, 0.15) is 0 Å². The number of aryl methyl sites for hydroxylation is 1. The van der Waals surface area contributed by atoms with Crippen LogP contribution in [0.5, 0.6) is 0 Å². The van der Waals surface area contributed by atoms with Crippen LogP contribution in [0.2, 0.25) is 0 Å². The highest BCUT2D eigenvalue weighted by Crippen LogP contribution is 2.00. The molecule has 0 radical (unpaired) electrons. The van der Waals surface area contributed by atoms with Crippen LogP contribution in [-0.2, 0) is 11.3 Å². The van der Waals surface area contributed by atoms with Crippen molar-refractivity contribution in [2.24, 2.45) is 0 Å². The zero-order chi connectivity index (χ0) is 14.3. The van der Waals surface area contributed by atoms with Crippen LogP contribution in [-0.4, -0.2) is 35.4 Å². The highest BCUT2D eigenvalue weighted by atomic mass is 127. The molecule has 1 rings (SSSR count). The summed E-state index contributed by atoms with van der Waals surface area (Å²) in [5.74, 6) is 0. The van der Waals surface area contributed by atoms with Gasteiger partial charge in [-0.2, -0.15) is 0 Å². The van der Waals surface area contributed by atoms with Crippen molar-refractivity contribution in [1.82, 2.24) is 14.9 Å². The summed E-state index contributed by atoms with van der Waals surface area (Å²) in [5, 5.41) is 3.30. The number of aromatic nitrogens is 2. The first kappa shape index (κ1) is 16.6. The van der Waals surface area contributed by atoms with Gasteiger partial charge >= 0.3 is 0 Å². The predicted octanol–water partition coefficient (Wildman–Crippen LogP) is 1.56. The Bertz CT molecular complexity index is 446. The molecule has 0 saturated heterocycles. The highest BCUT2D eigenvalue weighted by Gasteiger charge is 2.04. The average molecular weight is 379 g/mol. The van der Waals surface area contributed by atoms with Crippen molar-refractivity contribution in [3.63, 3.8) is 0 Å². The zero-order valence-electron chi connectivity index (χ0n) is 11.8. The molecule has 0 atom stereocenters. The highest BCUT2D eigenvalue weighted by molar-refractivity contribution is 14.1. The second-order valence-corrected chi connectivity index (χ2v) is 5.74. The Kier molecular flexibility index (Phi) is 7.55. The fraction of sp³-hybridized carbons (Fsp3) is 0.692. The van der Waals surface area contributed by atoms with Gasteiger partial charge in [0.05, 0.1) is 21.7 Å². The van der Waals surface area contributed by atoms with E-state index in [1.54, 1.807) is 10.9 Å². The number of hydrogen-bond acceptors (Lipinski definition) is 4. The van der Waals surface area contributed by atoms with Gasteiger partial charge in [-0.05, 0) is 56.3 Å². The third kappa shape index (κ3) is 6.01. The second kappa shape index (κ2) is 8.65. The Hall–Kier alpha value is -0.470. The SMILES string of the molecule is Cc1ncn(CCNCCCOC(C)C)c(=O)c1I. The van der Waals surface area contributed by atoms with E-state index < -0.39 is 0 Å². The fourth-order valence-electron chi connectivity index (χ4n) is 1.55. The third-order valence-corrected chi connectivity index (χ3v) is 3.88. The van der Waals surface area contributed by atoms with Gasteiger partial charge in [-0.25, -0.2) is 4.98 Å². The van der Waals surface area contributed by atoms with Crippen molar-refractivity contribution < 1.29 is 4.74 Å². The van der Waals surface area contributed by atoms with Crippen molar-refractivity contribution in [2.75, 3.05) is 19.7 Å². The molecule has 1 aromatic heterocycles. The van der Waals surface area contributed by atoms with Crippen LogP contribution in [0, 0.1) is 10.5 Å². The lowest BCUT2D eigenvalue weighted by atomic mass is 10.4. The molecular formula is C13H22IN3O2. The normalized spacial score (nSPS) is 11.2. The van der Waals surface area contributed by atoms with Gasteiger partial charge in [-0.1, -0.05) is 0 Å². The van der Waals surface area contributed by atoms with E-state index in [2.05, 4.69) is 10.3 Å². The molecular weight excluding hydrogens is 357 g/mol. The number of nitrogens with zero attached hydrogens (tertiary/aromatic N) is 2. The Labute approximate surface area is 127 Å². The molecule has 0 aliphatic carbocycles. The summed E-state index contributed by atoms with van der Waals surface area (Å²) >= 11 is 2.05. The van der Waals surface area contributed by atoms with Crippen molar-refractivity contribution >= 4 is 22.6 Å². The number of nitrogens with one attached hydrogen (secondary N) is 1. The summed E-state index contributed by atoms with van der Waals surface area (Å²) in [7, 11) is 0. The second-order valence-electron chi connectivity index (χ2n) is 4.67. The minimum atomic E-state index is 0.0399. The zero-order valence-corrected chi connectivity index (χ0v) is 13.9. The summed E-state index contributed by atoms with van der Waals surface area (Å²) in [6, 6.07) is 0. The molecule has 108 valence electrons. The topological polar surface area (TPSA) is 56.1 Å². The maximum atomic E-state index is 11.9. The molecule has 6 heteroatoms. The van der Waals surface area contributed by atoms with Crippen LogP contribution < -0.4 is 10.9 Å². The molecule has 0 aliphatic heterocycles. The lowest BCUT2D eigenvalue weighted by molar-refractivity contribution is 0.0771. The van der Waals surface area contributed by atoms with E-state index in [-0.39, 0.29) is 5.56 Å². The molecule has 1 N–H and O–H groups in total. The van der Waals surface area contributed by atoms with Gasteiger partial charge in [0.15, 0.2) is 0 Å². The molecule has 0 unspecified atom stereocenters. The van der Waals surface area contributed by atoms with Crippen LogP contribution in [0.15, 0.2) is 11.1 Å². The first-order valence-corrected chi connectivity index (χ1v) is 7.64. The molecule has 0 fully saturated rings. The first-order valence-electron chi connectivity index (χ1n) is 6.56. The Morgan fingerprint density at radius 3 is 2.89 bits per heavy atom. The van der Waals surface area contributed by atoms with Crippen LogP contribution in [0.1, 0.15) is 26.0 Å². The van der Waals surface area contributed by atoms with E-state index in [1.807, 2.05) is 43.4 Å². The lowest BCUT2D eigenvalue weighted by Gasteiger charge is -2.09. The Balaban J connectivity index is 2.23. The van der Waals surface area contributed by atoms with Crippen LogP contribution in [0.3, 0.4) is 0 Å². The largest absolute Gasteiger partial charge is 0.379 e. The summed E-state index contributed by atoms with van der Waals surface area (Å²) < 4.78 is 7.79. The van der Waals surface area contributed by atoms with Gasteiger partial charge in [0.2, 0.25) is 0 Å². The molecule has 19 heavy (non-hydrogen) atoms. The number of rotatable bonds is 8. The van der Waals surface area contributed by atoms with Crippen LogP contribution >= 0.6 is 22.6 Å². The van der Waals surface area contributed by atoms with Crippen molar-refractivity contribution in [2.45, 2.75) is 39.8 Å². The van der Waals surface area contributed by atoms with Gasteiger partial charge in [-0.15, -0.1) is 0 Å². The van der Waals surface area contributed by atoms with Gasteiger partial charge < -0.3 is 10.1 Å². The van der Waals surface area contributed by atoms with Crippen LogP contribution in [0.25, 0.3) is 0 Å². The molecule has 1 aromatic rings. The Morgan fingerprint density at radius 2 is 2.21 bits per heavy atom. The van der Waals surface area contributed by atoms with Gasteiger partial charge in [0.25, 0.3) is 5.56 Å². The monoisotopic (exact) mass is 379 g/mol. The molecule has 0 amide bonds. The third-order valence-electron chi connectivity index (χ3n) is 2.64. The van der Waals surface area contributed by atoms with Crippen molar-refractivity contribution in [3.8, 4) is 0 Å². The molecule has 1 heterocycles. The van der Waals surface area contributed by atoms with E-state index in [9.17, 15) is 4.79 Å². The average Bonchev–Trinajstić information content (AvgIpc) is 2.37. The molecule has 0 spiro atoms. The molecule has 0 saturated carbocycles.